The van der Waals surface area contributed by atoms with Crippen LogP contribution in [0.15, 0.2) is 18.2 Å². The number of nitrogens with two attached hydrogens (primary N) is 1. The van der Waals surface area contributed by atoms with Gasteiger partial charge in [0.15, 0.2) is 0 Å². The zero-order valence-electron chi connectivity index (χ0n) is 8.42. The maximum absolute atomic E-state index is 12.7. The third kappa shape index (κ3) is 3.46. The van der Waals surface area contributed by atoms with Gasteiger partial charge in [0, 0.05) is 6.54 Å². The zero-order valence-corrected chi connectivity index (χ0v) is 8.42. The van der Waals surface area contributed by atoms with Crippen LogP contribution in [0, 0.1) is 5.82 Å². The van der Waals surface area contributed by atoms with E-state index in [1.807, 2.05) is 0 Å². The SMILES string of the molecule is COC(=O)CCNc1ccc(F)cc1N. The van der Waals surface area contributed by atoms with Crippen LogP contribution in [0.2, 0.25) is 0 Å². The molecule has 0 saturated heterocycles. The van der Waals surface area contributed by atoms with Gasteiger partial charge in [0.2, 0.25) is 0 Å². The van der Waals surface area contributed by atoms with Gasteiger partial charge in [-0.15, -0.1) is 0 Å². The second-order valence-corrected chi connectivity index (χ2v) is 2.98. The minimum atomic E-state index is -0.383. The first-order chi connectivity index (χ1) is 7.13. The summed E-state index contributed by atoms with van der Waals surface area (Å²) in [5.74, 6) is -0.686. The number of anilines is 2. The average molecular weight is 212 g/mol. The van der Waals surface area contributed by atoms with E-state index >= 15 is 0 Å². The van der Waals surface area contributed by atoms with Crippen molar-refractivity contribution in [1.29, 1.82) is 0 Å². The quantitative estimate of drug-likeness (QED) is 0.584. The van der Waals surface area contributed by atoms with Crippen molar-refractivity contribution in [3.8, 4) is 0 Å². The van der Waals surface area contributed by atoms with Crippen LogP contribution < -0.4 is 11.1 Å². The molecule has 0 atom stereocenters. The van der Waals surface area contributed by atoms with E-state index < -0.39 is 0 Å². The van der Waals surface area contributed by atoms with Crippen molar-refractivity contribution < 1.29 is 13.9 Å². The molecule has 0 bridgehead atoms. The summed E-state index contributed by atoms with van der Waals surface area (Å²) in [6, 6.07) is 4.05. The molecule has 1 rings (SSSR count). The van der Waals surface area contributed by atoms with Crippen LogP contribution in [0.25, 0.3) is 0 Å². The molecular weight excluding hydrogens is 199 g/mol. The molecule has 3 N–H and O–H groups in total. The second kappa shape index (κ2) is 5.19. The van der Waals surface area contributed by atoms with Crippen LogP contribution in [0.3, 0.4) is 0 Å². The van der Waals surface area contributed by atoms with Gasteiger partial charge in [0.05, 0.1) is 24.9 Å². The highest BCUT2D eigenvalue weighted by Gasteiger charge is 2.02. The van der Waals surface area contributed by atoms with E-state index in [2.05, 4.69) is 10.1 Å². The van der Waals surface area contributed by atoms with E-state index in [-0.39, 0.29) is 18.2 Å². The van der Waals surface area contributed by atoms with Gasteiger partial charge in [-0.3, -0.25) is 4.79 Å². The van der Waals surface area contributed by atoms with E-state index in [0.29, 0.717) is 17.9 Å². The fourth-order valence-electron chi connectivity index (χ4n) is 1.10. The predicted molar refractivity (Wildman–Crippen MR) is 55.9 cm³/mol. The Morgan fingerprint density at radius 3 is 2.93 bits per heavy atom. The Hall–Kier alpha value is -1.78. The number of benzene rings is 1. The number of carbonyl (C=O) groups is 1. The fourth-order valence-corrected chi connectivity index (χ4v) is 1.10. The Labute approximate surface area is 87.2 Å². The first kappa shape index (κ1) is 11.3. The van der Waals surface area contributed by atoms with Gasteiger partial charge in [-0.25, -0.2) is 4.39 Å². The van der Waals surface area contributed by atoms with Gasteiger partial charge in [-0.1, -0.05) is 0 Å². The monoisotopic (exact) mass is 212 g/mol. The highest BCUT2D eigenvalue weighted by molar-refractivity contribution is 5.71. The Morgan fingerprint density at radius 2 is 2.33 bits per heavy atom. The first-order valence-electron chi connectivity index (χ1n) is 4.49. The lowest BCUT2D eigenvalue weighted by Crippen LogP contribution is -2.10. The summed E-state index contributed by atoms with van der Waals surface area (Å²) in [7, 11) is 1.33. The molecule has 0 saturated carbocycles. The topological polar surface area (TPSA) is 64.3 Å². The predicted octanol–water partition coefficient (Wildman–Crippen LogP) is 1.38. The molecule has 0 aromatic heterocycles. The summed E-state index contributed by atoms with van der Waals surface area (Å²) in [4.78, 5) is 10.8. The van der Waals surface area contributed by atoms with E-state index in [1.54, 1.807) is 0 Å². The number of nitrogen functional groups attached to an aromatic ring is 1. The second-order valence-electron chi connectivity index (χ2n) is 2.98. The Balaban J connectivity index is 2.47. The Kier molecular flexibility index (Phi) is 3.91. The largest absolute Gasteiger partial charge is 0.469 e. The standard InChI is InChI=1S/C10H13FN2O2/c1-15-10(14)4-5-13-9-3-2-7(11)6-8(9)12/h2-3,6,13H,4-5,12H2,1H3. The van der Waals surface area contributed by atoms with Crippen LogP contribution in [0.1, 0.15) is 6.42 Å². The van der Waals surface area contributed by atoms with Crippen molar-refractivity contribution >= 4 is 17.3 Å². The van der Waals surface area contributed by atoms with Crippen LogP contribution in [0.4, 0.5) is 15.8 Å². The van der Waals surface area contributed by atoms with Gasteiger partial charge in [-0.2, -0.15) is 0 Å². The molecule has 0 heterocycles. The van der Waals surface area contributed by atoms with Gasteiger partial charge in [-0.05, 0) is 18.2 Å². The minimum absolute atomic E-state index is 0.243. The number of hydrogen-bond donors (Lipinski definition) is 2. The highest BCUT2D eigenvalue weighted by Crippen LogP contribution is 2.18. The van der Waals surface area contributed by atoms with Gasteiger partial charge in [0.25, 0.3) is 0 Å². The molecule has 1 aromatic rings. The molecule has 0 fully saturated rings. The highest BCUT2D eigenvalue weighted by atomic mass is 19.1. The van der Waals surface area contributed by atoms with Crippen molar-refractivity contribution in [3.63, 3.8) is 0 Å². The Bertz CT molecular complexity index is 355. The molecule has 5 heteroatoms. The summed E-state index contributed by atoms with van der Waals surface area (Å²) in [5.41, 5.74) is 6.48. The lowest BCUT2D eigenvalue weighted by Gasteiger charge is -2.08. The van der Waals surface area contributed by atoms with Gasteiger partial charge < -0.3 is 15.8 Å². The van der Waals surface area contributed by atoms with Crippen LogP contribution >= 0.6 is 0 Å². The molecule has 15 heavy (non-hydrogen) atoms. The maximum atomic E-state index is 12.7. The summed E-state index contributed by atoms with van der Waals surface area (Å²) < 4.78 is 17.1. The lowest BCUT2D eigenvalue weighted by atomic mass is 10.2. The molecule has 0 radical (unpaired) electrons. The van der Waals surface area contributed by atoms with Crippen molar-refractivity contribution in [2.24, 2.45) is 0 Å². The molecule has 0 unspecified atom stereocenters. The van der Waals surface area contributed by atoms with Crippen molar-refractivity contribution in [2.45, 2.75) is 6.42 Å². The molecule has 0 aliphatic rings. The minimum Gasteiger partial charge on any atom is -0.469 e. The molecule has 82 valence electrons. The maximum Gasteiger partial charge on any atom is 0.307 e. The lowest BCUT2D eigenvalue weighted by molar-refractivity contribution is -0.140. The molecule has 0 amide bonds. The smallest absolute Gasteiger partial charge is 0.307 e. The van der Waals surface area contributed by atoms with Crippen molar-refractivity contribution in [3.05, 3.63) is 24.0 Å². The van der Waals surface area contributed by atoms with E-state index in [9.17, 15) is 9.18 Å². The summed E-state index contributed by atoms with van der Waals surface area (Å²) in [5, 5.41) is 2.91. The number of nitrogens with one attached hydrogen (secondary N) is 1. The third-order valence-corrected chi connectivity index (χ3v) is 1.89. The van der Waals surface area contributed by atoms with Gasteiger partial charge >= 0.3 is 5.97 Å². The summed E-state index contributed by atoms with van der Waals surface area (Å²) in [6.07, 6.45) is 0.243. The molecule has 0 aliphatic heterocycles. The summed E-state index contributed by atoms with van der Waals surface area (Å²) >= 11 is 0. The number of hydrogen-bond acceptors (Lipinski definition) is 4. The molecule has 1 aromatic carbocycles. The van der Waals surface area contributed by atoms with E-state index in [0.717, 1.165) is 0 Å². The number of carbonyl (C=O) groups excluding carboxylic acids is 1. The number of rotatable bonds is 4. The molecule has 0 spiro atoms. The van der Waals surface area contributed by atoms with Crippen LogP contribution in [0.5, 0.6) is 0 Å². The normalized spacial score (nSPS) is 9.73. The van der Waals surface area contributed by atoms with Crippen LogP contribution in [-0.4, -0.2) is 19.6 Å². The number of esters is 1. The number of methoxy groups -OCH3 is 1. The molecular formula is C10H13FN2O2. The van der Waals surface area contributed by atoms with Crippen molar-refractivity contribution in [2.75, 3.05) is 24.7 Å². The van der Waals surface area contributed by atoms with Crippen molar-refractivity contribution in [1.82, 2.24) is 0 Å². The molecule has 4 nitrogen and oxygen atoms in total. The van der Waals surface area contributed by atoms with E-state index in [4.69, 9.17) is 5.73 Å². The third-order valence-electron chi connectivity index (χ3n) is 1.89. The van der Waals surface area contributed by atoms with Gasteiger partial charge in [0.1, 0.15) is 5.82 Å². The van der Waals surface area contributed by atoms with E-state index in [1.165, 1.54) is 25.3 Å². The zero-order chi connectivity index (χ0) is 11.3. The average Bonchev–Trinajstić information content (AvgIpc) is 2.21. The fraction of sp³-hybridized carbons (Fsp3) is 0.300. The number of halogens is 1. The first-order valence-corrected chi connectivity index (χ1v) is 4.49. The van der Waals surface area contributed by atoms with Crippen LogP contribution in [-0.2, 0) is 9.53 Å². The Morgan fingerprint density at radius 1 is 1.60 bits per heavy atom. The number of ether oxygens (including phenoxy) is 1. The molecule has 0 aliphatic carbocycles. The summed E-state index contributed by atoms with van der Waals surface area (Å²) in [6.45, 7) is 0.405.